The van der Waals surface area contributed by atoms with Gasteiger partial charge in [-0.05, 0) is 29.8 Å². The van der Waals surface area contributed by atoms with Crippen molar-refractivity contribution in [2.45, 2.75) is 6.04 Å². The highest BCUT2D eigenvalue weighted by molar-refractivity contribution is 6.46. The number of Topliss-reactive ketones (excluding diaryl/α,β-unsaturated/α-hetero) is 1. The van der Waals surface area contributed by atoms with Gasteiger partial charge in [-0.25, -0.2) is 0 Å². The fourth-order valence-corrected chi connectivity index (χ4v) is 3.08. The Morgan fingerprint density at radius 3 is 2.36 bits per heavy atom. The molecule has 1 amide bonds. The van der Waals surface area contributed by atoms with Gasteiger partial charge in [0.15, 0.2) is 0 Å². The zero-order valence-electron chi connectivity index (χ0n) is 13.4. The van der Waals surface area contributed by atoms with Gasteiger partial charge in [0.05, 0.1) is 11.6 Å². The molecule has 2 aromatic carbocycles. The smallest absolute Gasteiger partial charge is 0.295 e. The maximum Gasteiger partial charge on any atom is 0.295 e. The van der Waals surface area contributed by atoms with Crippen LogP contribution in [0.4, 0.5) is 0 Å². The monoisotopic (exact) mass is 353 g/mol. The number of aliphatic hydroxyl groups is 1. The summed E-state index contributed by atoms with van der Waals surface area (Å²) in [6.45, 7) is 3.86. The van der Waals surface area contributed by atoms with Gasteiger partial charge >= 0.3 is 0 Å². The quantitative estimate of drug-likeness (QED) is 0.392. The molecule has 4 nitrogen and oxygen atoms in total. The highest BCUT2D eigenvalue weighted by Crippen LogP contribution is 2.39. The zero-order valence-corrected chi connectivity index (χ0v) is 14.1. The van der Waals surface area contributed by atoms with Gasteiger partial charge in [-0.15, -0.1) is 6.58 Å². The highest BCUT2D eigenvalue weighted by atomic mass is 35.5. The van der Waals surface area contributed by atoms with Crippen molar-refractivity contribution in [3.05, 3.63) is 89.0 Å². The summed E-state index contributed by atoms with van der Waals surface area (Å²) < 4.78 is 0. The second-order valence-corrected chi connectivity index (χ2v) is 6.09. The Hall–Kier alpha value is -2.85. The van der Waals surface area contributed by atoms with E-state index in [-0.39, 0.29) is 17.9 Å². The van der Waals surface area contributed by atoms with E-state index in [0.717, 1.165) is 5.56 Å². The number of halogens is 1. The SMILES string of the molecule is C=CCN1C(=O)C(=O)/C(=C(/O)c2ccc(Cl)cc2)[C@H]1c1ccccc1. The lowest BCUT2D eigenvalue weighted by Gasteiger charge is -2.24. The number of carbonyl (C=O) groups excluding carboxylic acids is 2. The summed E-state index contributed by atoms with van der Waals surface area (Å²) in [5.41, 5.74) is 1.25. The van der Waals surface area contributed by atoms with Gasteiger partial charge in [0, 0.05) is 17.1 Å². The summed E-state index contributed by atoms with van der Waals surface area (Å²) >= 11 is 5.88. The van der Waals surface area contributed by atoms with E-state index in [1.165, 1.54) is 4.90 Å². The number of hydrogen-bond donors (Lipinski definition) is 1. The Labute approximate surface area is 150 Å². The number of ketones is 1. The van der Waals surface area contributed by atoms with Crippen LogP contribution in [0, 0.1) is 0 Å². The molecule has 0 unspecified atom stereocenters. The molecule has 0 radical (unpaired) electrons. The third kappa shape index (κ3) is 3.08. The van der Waals surface area contributed by atoms with Crippen molar-refractivity contribution >= 4 is 29.1 Å². The molecule has 0 saturated carbocycles. The third-order valence-corrected chi connectivity index (χ3v) is 4.35. The Balaban J connectivity index is 2.19. The van der Waals surface area contributed by atoms with Gasteiger partial charge in [0.2, 0.25) is 0 Å². The molecule has 1 atom stereocenters. The van der Waals surface area contributed by atoms with Crippen molar-refractivity contribution in [1.82, 2.24) is 4.90 Å². The van der Waals surface area contributed by atoms with Crippen LogP contribution in [0.1, 0.15) is 17.2 Å². The van der Waals surface area contributed by atoms with Crippen LogP contribution in [0.2, 0.25) is 5.02 Å². The molecular weight excluding hydrogens is 338 g/mol. The summed E-state index contributed by atoms with van der Waals surface area (Å²) in [5.74, 6) is -1.57. The Morgan fingerprint density at radius 1 is 1.12 bits per heavy atom. The lowest BCUT2D eigenvalue weighted by Crippen LogP contribution is -2.29. The molecule has 1 N–H and O–H groups in total. The molecular formula is C20H16ClNO3. The summed E-state index contributed by atoms with van der Waals surface area (Å²) in [5, 5.41) is 11.2. The van der Waals surface area contributed by atoms with E-state index in [1.54, 1.807) is 30.3 Å². The lowest BCUT2D eigenvalue weighted by atomic mass is 9.95. The second kappa shape index (κ2) is 6.95. The minimum Gasteiger partial charge on any atom is -0.507 e. The average molecular weight is 354 g/mol. The van der Waals surface area contributed by atoms with Crippen LogP contribution < -0.4 is 0 Å². The van der Waals surface area contributed by atoms with E-state index in [2.05, 4.69) is 6.58 Å². The standard InChI is InChI=1S/C20H16ClNO3/c1-2-12-22-17(13-6-4-3-5-7-13)16(19(24)20(22)25)18(23)14-8-10-15(21)11-9-14/h2-11,17,23H,1,12H2/b18-16+/t17-/m1/s1. The van der Waals surface area contributed by atoms with Gasteiger partial charge in [0.1, 0.15) is 5.76 Å². The van der Waals surface area contributed by atoms with Crippen molar-refractivity contribution in [2.24, 2.45) is 0 Å². The summed E-state index contributed by atoms with van der Waals surface area (Å²) in [6.07, 6.45) is 1.56. The van der Waals surface area contributed by atoms with Crippen molar-refractivity contribution in [2.75, 3.05) is 6.54 Å². The first-order chi connectivity index (χ1) is 12.0. The van der Waals surface area contributed by atoms with E-state index in [0.29, 0.717) is 10.6 Å². The number of hydrogen-bond acceptors (Lipinski definition) is 3. The largest absolute Gasteiger partial charge is 0.507 e. The normalized spacial score (nSPS) is 19.2. The van der Waals surface area contributed by atoms with Crippen molar-refractivity contribution in [1.29, 1.82) is 0 Å². The molecule has 2 aromatic rings. The van der Waals surface area contributed by atoms with Crippen LogP contribution >= 0.6 is 11.6 Å². The molecule has 1 saturated heterocycles. The first-order valence-corrected chi connectivity index (χ1v) is 8.12. The topological polar surface area (TPSA) is 57.6 Å². The van der Waals surface area contributed by atoms with Crippen molar-refractivity contribution in [3.63, 3.8) is 0 Å². The fourth-order valence-electron chi connectivity index (χ4n) is 2.95. The van der Waals surface area contributed by atoms with Gasteiger partial charge in [-0.3, -0.25) is 9.59 Å². The van der Waals surface area contributed by atoms with Gasteiger partial charge in [-0.2, -0.15) is 0 Å². The number of carbonyl (C=O) groups is 2. The Morgan fingerprint density at radius 2 is 1.76 bits per heavy atom. The maximum absolute atomic E-state index is 12.6. The molecule has 126 valence electrons. The zero-order chi connectivity index (χ0) is 18.0. The minimum absolute atomic E-state index is 0.0698. The predicted molar refractivity (Wildman–Crippen MR) is 97.1 cm³/mol. The molecule has 1 fully saturated rings. The lowest BCUT2D eigenvalue weighted by molar-refractivity contribution is -0.139. The van der Waals surface area contributed by atoms with Crippen LogP contribution in [-0.4, -0.2) is 28.2 Å². The third-order valence-electron chi connectivity index (χ3n) is 4.10. The van der Waals surface area contributed by atoms with Crippen LogP contribution in [0.5, 0.6) is 0 Å². The fraction of sp³-hybridized carbons (Fsp3) is 0.100. The predicted octanol–water partition coefficient (Wildman–Crippen LogP) is 3.95. The first kappa shape index (κ1) is 17.0. The molecule has 3 rings (SSSR count). The molecule has 0 spiro atoms. The van der Waals surface area contributed by atoms with Crippen LogP contribution in [0.15, 0.2) is 72.8 Å². The van der Waals surface area contributed by atoms with Gasteiger partial charge < -0.3 is 10.0 Å². The number of amides is 1. The summed E-state index contributed by atoms with van der Waals surface area (Å²) in [6, 6.07) is 14.9. The molecule has 0 bridgehead atoms. The number of rotatable bonds is 4. The molecule has 0 aromatic heterocycles. The number of likely N-dealkylation sites (tertiary alicyclic amines) is 1. The van der Waals surface area contributed by atoms with E-state index >= 15 is 0 Å². The second-order valence-electron chi connectivity index (χ2n) is 5.66. The maximum atomic E-state index is 12.6. The molecule has 5 heteroatoms. The summed E-state index contributed by atoms with van der Waals surface area (Å²) in [7, 11) is 0. The van der Waals surface area contributed by atoms with Crippen molar-refractivity contribution in [3.8, 4) is 0 Å². The van der Waals surface area contributed by atoms with E-state index in [1.807, 2.05) is 30.3 Å². The molecule has 1 aliphatic heterocycles. The first-order valence-electron chi connectivity index (χ1n) is 7.74. The van der Waals surface area contributed by atoms with Crippen LogP contribution in [0.25, 0.3) is 5.76 Å². The highest BCUT2D eigenvalue weighted by Gasteiger charge is 2.45. The van der Waals surface area contributed by atoms with E-state index in [4.69, 9.17) is 11.6 Å². The van der Waals surface area contributed by atoms with Gasteiger partial charge in [-0.1, -0.05) is 48.0 Å². The minimum atomic E-state index is -0.705. The summed E-state index contributed by atoms with van der Waals surface area (Å²) in [4.78, 5) is 26.4. The van der Waals surface area contributed by atoms with Crippen LogP contribution in [0.3, 0.4) is 0 Å². The van der Waals surface area contributed by atoms with E-state index < -0.39 is 17.7 Å². The Kier molecular flexibility index (Phi) is 4.72. The van der Waals surface area contributed by atoms with Gasteiger partial charge in [0.25, 0.3) is 11.7 Å². The molecule has 1 heterocycles. The molecule has 0 aliphatic carbocycles. The van der Waals surface area contributed by atoms with Crippen molar-refractivity contribution < 1.29 is 14.7 Å². The molecule has 1 aliphatic rings. The number of nitrogens with zero attached hydrogens (tertiary/aromatic N) is 1. The van der Waals surface area contributed by atoms with E-state index in [9.17, 15) is 14.7 Å². The molecule has 25 heavy (non-hydrogen) atoms. The Bertz CT molecular complexity index is 856. The van der Waals surface area contributed by atoms with Crippen LogP contribution in [-0.2, 0) is 9.59 Å². The number of benzene rings is 2. The number of aliphatic hydroxyl groups excluding tert-OH is 1. The average Bonchev–Trinajstić information content (AvgIpc) is 2.88.